The van der Waals surface area contributed by atoms with Crippen molar-refractivity contribution in [3.63, 3.8) is 0 Å². The van der Waals surface area contributed by atoms with Crippen molar-refractivity contribution in [3.8, 4) is 22.6 Å². The van der Waals surface area contributed by atoms with Crippen molar-refractivity contribution in [2.75, 3.05) is 0 Å². The second kappa shape index (κ2) is 6.37. The summed E-state index contributed by atoms with van der Waals surface area (Å²) >= 11 is 0. The summed E-state index contributed by atoms with van der Waals surface area (Å²) in [6, 6.07) is 11.5. The molecule has 2 aliphatic rings. The first kappa shape index (κ1) is 18.9. The van der Waals surface area contributed by atoms with E-state index in [1.54, 1.807) is 22.2 Å². The van der Waals surface area contributed by atoms with Gasteiger partial charge >= 0.3 is 5.97 Å². The van der Waals surface area contributed by atoms with E-state index in [-0.39, 0.29) is 18.6 Å². The summed E-state index contributed by atoms with van der Waals surface area (Å²) in [7, 11) is 1.86. The van der Waals surface area contributed by atoms with Crippen LogP contribution in [0, 0.1) is 0 Å². The summed E-state index contributed by atoms with van der Waals surface area (Å²) in [4.78, 5) is 30.7. The number of nitrogens with zero attached hydrogens (tertiary/aromatic N) is 4. The van der Waals surface area contributed by atoms with Gasteiger partial charge in [0.25, 0.3) is 5.56 Å². The van der Waals surface area contributed by atoms with Crippen molar-refractivity contribution in [1.82, 2.24) is 19.3 Å². The number of carbonyl (C=O) groups excluding carboxylic acids is 1. The molecule has 160 valence electrons. The summed E-state index contributed by atoms with van der Waals surface area (Å²) in [6.45, 7) is 1.88. The smallest absolute Gasteiger partial charge is 0.343 e. The Labute approximate surface area is 182 Å². The normalized spacial score (nSPS) is 18.9. The third-order valence-corrected chi connectivity index (χ3v) is 6.56. The average molecular weight is 428 g/mol. The molecule has 3 aromatic heterocycles. The van der Waals surface area contributed by atoms with Gasteiger partial charge in [0, 0.05) is 35.3 Å². The van der Waals surface area contributed by atoms with Gasteiger partial charge in [0.05, 0.1) is 34.7 Å². The molecule has 4 aromatic rings. The van der Waals surface area contributed by atoms with E-state index in [2.05, 4.69) is 5.10 Å². The first-order valence-electron chi connectivity index (χ1n) is 10.5. The number of para-hydroxylation sites is 1. The van der Waals surface area contributed by atoms with E-state index in [1.807, 2.05) is 43.6 Å². The van der Waals surface area contributed by atoms with E-state index in [0.717, 1.165) is 27.7 Å². The predicted octanol–water partition coefficient (Wildman–Crippen LogP) is 2.48. The molecule has 0 bridgehead atoms. The Hall–Kier alpha value is -3.78. The van der Waals surface area contributed by atoms with Crippen LogP contribution >= 0.6 is 0 Å². The molecule has 32 heavy (non-hydrogen) atoms. The highest BCUT2D eigenvalue weighted by molar-refractivity contribution is 5.99. The lowest BCUT2D eigenvalue weighted by Gasteiger charge is -2.31. The summed E-state index contributed by atoms with van der Waals surface area (Å²) in [5, 5.41) is 16.6. The van der Waals surface area contributed by atoms with Gasteiger partial charge in [-0.25, -0.2) is 9.78 Å². The minimum Gasteiger partial charge on any atom is -0.458 e. The fourth-order valence-corrected chi connectivity index (χ4v) is 4.87. The molecule has 1 atom stereocenters. The van der Waals surface area contributed by atoms with Crippen LogP contribution in [0.15, 0.2) is 47.4 Å². The standard InChI is InChI=1S/C24H20N4O4/c1-3-24(31)16-10-19-21-14(11-28(19)22(29)15(16)12-32-23(24)30)20(18-8-9-27(2)26-18)13-6-4-5-7-17(13)25-21/h4-10,31H,3,11-12H2,1-2H3/t24-/m0/s1. The van der Waals surface area contributed by atoms with E-state index in [4.69, 9.17) is 9.72 Å². The third-order valence-electron chi connectivity index (χ3n) is 6.56. The summed E-state index contributed by atoms with van der Waals surface area (Å²) < 4.78 is 8.55. The molecule has 0 unspecified atom stereocenters. The number of cyclic esters (lactones) is 1. The third kappa shape index (κ3) is 2.35. The Kier molecular flexibility index (Phi) is 3.77. The lowest BCUT2D eigenvalue weighted by molar-refractivity contribution is -0.172. The first-order chi connectivity index (χ1) is 15.4. The van der Waals surface area contributed by atoms with Gasteiger partial charge in [0.1, 0.15) is 6.61 Å². The quantitative estimate of drug-likeness (QED) is 0.434. The van der Waals surface area contributed by atoms with Gasteiger partial charge in [-0.1, -0.05) is 25.1 Å². The largest absolute Gasteiger partial charge is 0.458 e. The van der Waals surface area contributed by atoms with Gasteiger partial charge in [-0.05, 0) is 24.6 Å². The number of rotatable bonds is 2. The van der Waals surface area contributed by atoms with Crippen LogP contribution in [0.5, 0.6) is 0 Å². The molecule has 8 nitrogen and oxygen atoms in total. The van der Waals surface area contributed by atoms with Crippen molar-refractivity contribution < 1.29 is 14.6 Å². The van der Waals surface area contributed by atoms with Crippen molar-refractivity contribution in [3.05, 3.63) is 69.6 Å². The molecule has 0 spiro atoms. The number of aromatic nitrogens is 4. The summed E-state index contributed by atoms with van der Waals surface area (Å²) in [6.07, 6.45) is 1.99. The van der Waals surface area contributed by atoms with E-state index < -0.39 is 11.6 Å². The molecule has 0 amide bonds. The maximum Gasteiger partial charge on any atom is 0.343 e. The lowest BCUT2D eigenvalue weighted by Crippen LogP contribution is -2.44. The maximum atomic E-state index is 13.4. The number of hydrogen-bond donors (Lipinski definition) is 1. The molecule has 0 saturated carbocycles. The van der Waals surface area contributed by atoms with Crippen molar-refractivity contribution in [1.29, 1.82) is 0 Å². The number of ether oxygens (including phenoxy) is 1. The molecule has 0 saturated heterocycles. The molecule has 0 fully saturated rings. The van der Waals surface area contributed by atoms with Crippen LogP contribution in [0.4, 0.5) is 0 Å². The lowest BCUT2D eigenvalue weighted by atomic mass is 9.86. The molecule has 5 heterocycles. The molecule has 1 aromatic carbocycles. The summed E-state index contributed by atoms with van der Waals surface area (Å²) in [5.74, 6) is -0.726. The number of carbonyl (C=O) groups is 1. The molecular weight excluding hydrogens is 408 g/mol. The van der Waals surface area contributed by atoms with Crippen molar-refractivity contribution in [2.24, 2.45) is 7.05 Å². The molecule has 1 N–H and O–H groups in total. The minimum atomic E-state index is -1.84. The zero-order valence-corrected chi connectivity index (χ0v) is 17.6. The van der Waals surface area contributed by atoms with Crippen LogP contribution in [0.2, 0.25) is 0 Å². The SMILES string of the molecule is CC[C@@]1(O)C(=O)OCc2c1cc1n(c2=O)Cc2c-1nc1ccccc1c2-c1ccn(C)n1. The highest BCUT2D eigenvalue weighted by Gasteiger charge is 2.45. The second-order valence-corrected chi connectivity index (χ2v) is 8.31. The van der Waals surface area contributed by atoms with Crippen LogP contribution in [0.3, 0.4) is 0 Å². The fourth-order valence-electron chi connectivity index (χ4n) is 4.87. The Morgan fingerprint density at radius 1 is 1.19 bits per heavy atom. The van der Waals surface area contributed by atoms with E-state index in [0.29, 0.717) is 29.1 Å². The highest BCUT2D eigenvalue weighted by atomic mass is 16.6. The van der Waals surface area contributed by atoms with E-state index in [1.165, 1.54) is 0 Å². The number of aliphatic hydroxyl groups is 1. The predicted molar refractivity (Wildman–Crippen MR) is 117 cm³/mol. The van der Waals surface area contributed by atoms with Gasteiger partial charge in [0.2, 0.25) is 0 Å². The van der Waals surface area contributed by atoms with Gasteiger partial charge in [0.15, 0.2) is 5.60 Å². The number of aryl methyl sites for hydroxylation is 1. The molecule has 8 heteroatoms. The van der Waals surface area contributed by atoms with Crippen molar-refractivity contribution in [2.45, 2.75) is 32.1 Å². The number of benzene rings is 1. The van der Waals surface area contributed by atoms with Gasteiger partial charge < -0.3 is 14.4 Å². The zero-order chi connectivity index (χ0) is 22.2. The zero-order valence-electron chi connectivity index (χ0n) is 17.6. The second-order valence-electron chi connectivity index (χ2n) is 8.31. The first-order valence-corrected chi connectivity index (χ1v) is 10.5. The van der Waals surface area contributed by atoms with Crippen LogP contribution in [0.1, 0.15) is 30.0 Å². The number of hydrogen-bond acceptors (Lipinski definition) is 6. The fraction of sp³-hybridized carbons (Fsp3) is 0.250. The topological polar surface area (TPSA) is 99.2 Å². The Morgan fingerprint density at radius 2 is 2.00 bits per heavy atom. The Bertz CT molecular complexity index is 1520. The maximum absolute atomic E-state index is 13.4. The molecule has 0 aliphatic carbocycles. The van der Waals surface area contributed by atoms with Crippen LogP contribution in [-0.4, -0.2) is 30.4 Å². The summed E-state index contributed by atoms with van der Waals surface area (Å²) in [5.41, 5.74) is 3.20. The number of pyridine rings is 2. The molecule has 6 rings (SSSR count). The van der Waals surface area contributed by atoms with Crippen LogP contribution in [0.25, 0.3) is 33.5 Å². The van der Waals surface area contributed by atoms with Crippen LogP contribution < -0.4 is 5.56 Å². The molecule has 2 aliphatic heterocycles. The Balaban J connectivity index is 1.69. The van der Waals surface area contributed by atoms with E-state index in [9.17, 15) is 14.7 Å². The minimum absolute atomic E-state index is 0.110. The van der Waals surface area contributed by atoms with Crippen molar-refractivity contribution >= 4 is 16.9 Å². The van der Waals surface area contributed by atoms with Gasteiger partial charge in [-0.15, -0.1) is 0 Å². The number of fused-ring (bicyclic) bond motifs is 5. The van der Waals surface area contributed by atoms with Gasteiger partial charge in [-0.2, -0.15) is 5.10 Å². The van der Waals surface area contributed by atoms with Crippen LogP contribution in [-0.2, 0) is 35.3 Å². The van der Waals surface area contributed by atoms with E-state index >= 15 is 0 Å². The molecular formula is C24H20N4O4. The number of esters is 1. The monoisotopic (exact) mass is 428 g/mol. The molecule has 0 radical (unpaired) electrons. The van der Waals surface area contributed by atoms with Gasteiger partial charge in [-0.3, -0.25) is 9.48 Å². The average Bonchev–Trinajstić information content (AvgIpc) is 3.38. The highest BCUT2D eigenvalue weighted by Crippen LogP contribution is 2.42. The Morgan fingerprint density at radius 3 is 2.75 bits per heavy atom.